The van der Waals surface area contributed by atoms with Crippen molar-refractivity contribution in [2.45, 2.75) is 0 Å². The maximum Gasteiger partial charge on any atom is 0.0485 e. The van der Waals surface area contributed by atoms with Crippen LogP contribution in [0.3, 0.4) is 0 Å². The van der Waals surface area contributed by atoms with E-state index in [4.69, 9.17) is 23.2 Å². The van der Waals surface area contributed by atoms with E-state index in [0.29, 0.717) is 0 Å². The van der Waals surface area contributed by atoms with E-state index in [1.54, 1.807) is 0 Å². The van der Waals surface area contributed by atoms with Crippen molar-refractivity contribution in [2.75, 3.05) is 0 Å². The van der Waals surface area contributed by atoms with Crippen LogP contribution in [0.2, 0.25) is 10.0 Å². The fraction of sp³-hybridized carbons (Fsp3) is 0. The fourth-order valence-corrected chi connectivity index (χ4v) is 3.11. The summed E-state index contributed by atoms with van der Waals surface area (Å²) in [4.78, 5) is 0. The van der Waals surface area contributed by atoms with E-state index in [9.17, 15) is 0 Å². The summed E-state index contributed by atoms with van der Waals surface area (Å²) in [6.07, 6.45) is 0. The zero-order valence-electron chi connectivity index (χ0n) is 8.68. The number of halogens is 3. The molecule has 0 nitrogen and oxygen atoms in total. The van der Waals surface area contributed by atoms with Crippen LogP contribution in [0, 0.1) is 0 Å². The number of fused-ring (bicyclic) bond motifs is 3. The molecular weight excluding hydrogens is 319 g/mol. The second-order valence-electron chi connectivity index (χ2n) is 3.85. The molecule has 0 bridgehead atoms. The third-order valence-electron chi connectivity index (χ3n) is 2.88. The van der Waals surface area contributed by atoms with Crippen molar-refractivity contribution in [1.29, 1.82) is 0 Å². The highest BCUT2D eigenvalue weighted by atomic mass is 79.9. The molecule has 0 N–H and O–H groups in total. The Morgan fingerprint density at radius 1 is 0.706 bits per heavy atom. The monoisotopic (exact) mass is 324 g/mol. The molecule has 0 radical (unpaired) electrons. The van der Waals surface area contributed by atoms with Gasteiger partial charge in [0, 0.05) is 30.7 Å². The minimum Gasteiger partial charge on any atom is -0.0837 e. The van der Waals surface area contributed by atoms with E-state index in [1.807, 2.05) is 36.4 Å². The van der Waals surface area contributed by atoms with Crippen LogP contribution in [0.4, 0.5) is 0 Å². The topological polar surface area (TPSA) is 0 Å². The van der Waals surface area contributed by atoms with Crippen molar-refractivity contribution in [2.24, 2.45) is 0 Å². The Morgan fingerprint density at radius 3 is 2.24 bits per heavy atom. The summed E-state index contributed by atoms with van der Waals surface area (Å²) in [5.74, 6) is 0. The first-order valence-electron chi connectivity index (χ1n) is 5.13. The minimum absolute atomic E-state index is 0.755. The smallest absolute Gasteiger partial charge is 0.0485 e. The minimum atomic E-state index is 0.755. The summed E-state index contributed by atoms with van der Waals surface area (Å²) in [6.45, 7) is 0. The van der Waals surface area contributed by atoms with E-state index in [-0.39, 0.29) is 0 Å². The van der Waals surface area contributed by atoms with Gasteiger partial charge in [0.05, 0.1) is 0 Å². The van der Waals surface area contributed by atoms with Crippen LogP contribution in [0.1, 0.15) is 0 Å². The number of hydrogen-bond acceptors (Lipinski definition) is 0. The van der Waals surface area contributed by atoms with Gasteiger partial charge >= 0.3 is 0 Å². The zero-order chi connectivity index (χ0) is 12.0. The molecule has 0 saturated carbocycles. The predicted molar refractivity (Wildman–Crippen MR) is 79.2 cm³/mol. The van der Waals surface area contributed by atoms with Gasteiger partial charge in [0.1, 0.15) is 0 Å². The fourth-order valence-electron chi connectivity index (χ4n) is 2.10. The molecule has 0 aliphatic heterocycles. The molecule has 0 aromatic heterocycles. The summed E-state index contributed by atoms with van der Waals surface area (Å²) >= 11 is 16.0. The van der Waals surface area contributed by atoms with Crippen LogP contribution in [-0.4, -0.2) is 0 Å². The molecule has 17 heavy (non-hydrogen) atoms. The standard InChI is InChI=1S/C14H7BrCl2/c15-11-6-7-13(17)10-5-4-8-9(14(10)11)2-1-3-12(8)16/h1-7H. The highest BCUT2D eigenvalue weighted by Gasteiger charge is 2.08. The maximum atomic E-state index is 6.22. The maximum absolute atomic E-state index is 6.22. The Bertz CT molecular complexity index is 735. The molecular formula is C14H7BrCl2. The molecule has 3 aromatic rings. The van der Waals surface area contributed by atoms with Crippen LogP contribution in [-0.2, 0) is 0 Å². The first-order chi connectivity index (χ1) is 8.18. The first-order valence-corrected chi connectivity index (χ1v) is 6.68. The lowest BCUT2D eigenvalue weighted by Gasteiger charge is -2.08. The van der Waals surface area contributed by atoms with Gasteiger partial charge in [0.15, 0.2) is 0 Å². The van der Waals surface area contributed by atoms with E-state index in [0.717, 1.165) is 36.1 Å². The Labute approximate surface area is 117 Å². The summed E-state index contributed by atoms with van der Waals surface area (Å²) in [6, 6.07) is 13.8. The Kier molecular flexibility index (Phi) is 2.78. The molecule has 0 aliphatic carbocycles. The quantitative estimate of drug-likeness (QED) is 0.440. The van der Waals surface area contributed by atoms with Gasteiger partial charge in [0.2, 0.25) is 0 Å². The van der Waals surface area contributed by atoms with E-state index in [1.165, 1.54) is 0 Å². The molecule has 3 rings (SSSR count). The number of hydrogen-bond donors (Lipinski definition) is 0. The van der Waals surface area contributed by atoms with Crippen molar-refractivity contribution >= 4 is 60.7 Å². The lowest BCUT2D eigenvalue weighted by molar-refractivity contribution is 1.73. The molecule has 0 unspecified atom stereocenters. The molecule has 0 spiro atoms. The van der Waals surface area contributed by atoms with Gasteiger partial charge in [-0.1, -0.05) is 63.4 Å². The first kappa shape index (κ1) is 11.3. The Morgan fingerprint density at radius 2 is 1.41 bits per heavy atom. The van der Waals surface area contributed by atoms with Crippen LogP contribution in [0.25, 0.3) is 21.5 Å². The van der Waals surface area contributed by atoms with Gasteiger partial charge < -0.3 is 0 Å². The van der Waals surface area contributed by atoms with Crippen molar-refractivity contribution in [3.8, 4) is 0 Å². The summed E-state index contributed by atoms with van der Waals surface area (Å²) in [7, 11) is 0. The van der Waals surface area contributed by atoms with Gasteiger partial charge in [0.25, 0.3) is 0 Å². The molecule has 0 fully saturated rings. The molecule has 0 amide bonds. The van der Waals surface area contributed by atoms with Crippen LogP contribution in [0.15, 0.2) is 46.9 Å². The highest BCUT2D eigenvalue weighted by molar-refractivity contribution is 9.10. The third kappa shape index (κ3) is 1.74. The van der Waals surface area contributed by atoms with Crippen molar-refractivity contribution in [1.82, 2.24) is 0 Å². The average Bonchev–Trinajstić information content (AvgIpc) is 2.33. The Hall–Kier alpha value is -0.760. The summed E-state index contributed by atoms with van der Waals surface area (Å²) in [5.41, 5.74) is 0. The predicted octanol–water partition coefficient (Wildman–Crippen LogP) is 6.06. The van der Waals surface area contributed by atoms with Gasteiger partial charge in [-0.3, -0.25) is 0 Å². The summed E-state index contributed by atoms with van der Waals surface area (Å²) < 4.78 is 1.03. The lowest BCUT2D eigenvalue weighted by Crippen LogP contribution is -1.81. The molecule has 84 valence electrons. The van der Waals surface area contributed by atoms with E-state index >= 15 is 0 Å². The second-order valence-corrected chi connectivity index (χ2v) is 5.52. The van der Waals surface area contributed by atoms with Gasteiger partial charge in [-0.15, -0.1) is 0 Å². The van der Waals surface area contributed by atoms with E-state index < -0.39 is 0 Å². The normalized spacial score (nSPS) is 11.2. The third-order valence-corrected chi connectivity index (χ3v) is 4.20. The lowest BCUT2D eigenvalue weighted by atomic mass is 10.0. The van der Waals surface area contributed by atoms with Crippen LogP contribution >= 0.6 is 39.1 Å². The molecule has 3 aromatic carbocycles. The van der Waals surface area contributed by atoms with Crippen LogP contribution in [0.5, 0.6) is 0 Å². The largest absolute Gasteiger partial charge is 0.0837 e. The van der Waals surface area contributed by atoms with Crippen molar-refractivity contribution < 1.29 is 0 Å². The molecule has 0 atom stereocenters. The number of rotatable bonds is 0. The average molecular weight is 326 g/mol. The molecule has 0 saturated heterocycles. The zero-order valence-corrected chi connectivity index (χ0v) is 11.8. The molecule has 0 aliphatic rings. The summed E-state index contributed by atoms with van der Waals surface area (Å²) in [5, 5.41) is 5.82. The van der Waals surface area contributed by atoms with Crippen LogP contribution < -0.4 is 0 Å². The van der Waals surface area contributed by atoms with Gasteiger partial charge in [-0.05, 0) is 23.6 Å². The SMILES string of the molecule is Clc1cccc2c1ccc1c(Cl)ccc(Br)c12. The Balaban J connectivity index is 2.65. The molecule has 0 heterocycles. The second kappa shape index (κ2) is 4.16. The molecule has 3 heteroatoms. The number of benzene rings is 3. The van der Waals surface area contributed by atoms with Crippen molar-refractivity contribution in [3.05, 3.63) is 57.0 Å². The van der Waals surface area contributed by atoms with E-state index in [2.05, 4.69) is 22.0 Å². The van der Waals surface area contributed by atoms with Gasteiger partial charge in [-0.2, -0.15) is 0 Å². The van der Waals surface area contributed by atoms with Crippen molar-refractivity contribution in [3.63, 3.8) is 0 Å². The van der Waals surface area contributed by atoms with Gasteiger partial charge in [-0.25, -0.2) is 0 Å². The highest BCUT2D eigenvalue weighted by Crippen LogP contribution is 2.37.